The van der Waals surface area contributed by atoms with E-state index in [2.05, 4.69) is 30.8 Å². The lowest BCUT2D eigenvalue weighted by molar-refractivity contribution is 0.0276. The van der Waals surface area contributed by atoms with Gasteiger partial charge in [-0.15, -0.1) is 0 Å². The highest BCUT2D eigenvalue weighted by molar-refractivity contribution is 9.10. The quantitative estimate of drug-likeness (QED) is 0.532. The number of rotatable bonds is 3. The second-order valence-corrected chi connectivity index (χ2v) is 10.2. The van der Waals surface area contributed by atoms with E-state index in [0.717, 1.165) is 31.5 Å². The molecule has 0 N–H and O–H groups in total. The van der Waals surface area contributed by atoms with E-state index in [1.165, 1.54) is 12.5 Å². The summed E-state index contributed by atoms with van der Waals surface area (Å²) >= 11 is 3.20. The van der Waals surface area contributed by atoms with Crippen LogP contribution in [-0.4, -0.2) is 52.7 Å². The van der Waals surface area contributed by atoms with Gasteiger partial charge in [0.05, 0.1) is 10.7 Å². The van der Waals surface area contributed by atoms with Crippen molar-refractivity contribution < 1.29 is 23.0 Å². The minimum atomic E-state index is -1.00. The first-order valence-corrected chi connectivity index (χ1v) is 11.2. The lowest BCUT2D eigenvalue weighted by Gasteiger charge is -2.27. The third-order valence-electron chi connectivity index (χ3n) is 5.68. The van der Waals surface area contributed by atoms with Gasteiger partial charge in [-0.2, -0.15) is 0 Å². The van der Waals surface area contributed by atoms with Gasteiger partial charge in [0.25, 0.3) is 0 Å². The monoisotopic (exact) mass is 510 g/mol. The maximum atomic E-state index is 13.7. The largest absolute Gasteiger partial charge is 0.451 e. The van der Waals surface area contributed by atoms with Gasteiger partial charge in [0, 0.05) is 37.7 Å². The van der Waals surface area contributed by atoms with Crippen LogP contribution in [0, 0.1) is 17.0 Å². The fraction of sp³-hybridized carbons (Fsp3) is 0.500. The summed E-state index contributed by atoms with van der Waals surface area (Å²) < 4.78 is 38.8. The number of ether oxygens (including phenoxy) is 2. The van der Waals surface area contributed by atoms with Crippen LogP contribution in [0.5, 0.6) is 11.5 Å². The molecule has 2 aromatic rings. The first-order valence-electron chi connectivity index (χ1n) is 10.4. The second-order valence-electron chi connectivity index (χ2n) is 9.33. The van der Waals surface area contributed by atoms with Crippen LogP contribution < -0.4 is 9.64 Å². The van der Waals surface area contributed by atoms with Crippen molar-refractivity contribution in [3.63, 3.8) is 0 Å². The van der Waals surface area contributed by atoms with Gasteiger partial charge in [-0.1, -0.05) is 0 Å². The molecule has 172 valence electrons. The number of anilines is 1. The molecule has 2 fully saturated rings. The minimum absolute atomic E-state index is 0.0539. The number of carbonyl (C=O) groups excluding carboxylic acids is 1. The van der Waals surface area contributed by atoms with Crippen LogP contribution in [0.2, 0.25) is 0 Å². The molecule has 1 spiro atoms. The Labute approximate surface area is 193 Å². The van der Waals surface area contributed by atoms with Gasteiger partial charge in [-0.25, -0.2) is 23.5 Å². The van der Waals surface area contributed by atoms with Crippen molar-refractivity contribution in [2.24, 2.45) is 5.41 Å². The zero-order valence-corrected chi connectivity index (χ0v) is 19.8. The van der Waals surface area contributed by atoms with Crippen molar-refractivity contribution in [3.05, 3.63) is 40.8 Å². The number of halogens is 3. The molecule has 2 aliphatic rings. The lowest BCUT2D eigenvalue weighted by atomic mass is 9.86. The van der Waals surface area contributed by atoms with Crippen molar-refractivity contribution in [2.45, 2.75) is 39.2 Å². The van der Waals surface area contributed by atoms with E-state index in [4.69, 9.17) is 9.47 Å². The van der Waals surface area contributed by atoms with Crippen LogP contribution in [0.4, 0.5) is 19.4 Å². The number of benzene rings is 1. The maximum absolute atomic E-state index is 13.7. The standard InChI is InChI=1S/C22H25BrF2N4O3/c1-21(2,3)32-20(30)29-7-5-22(12-29)4-6-28(11-22)19-18(10-26-13-27-19)31-17-9-16(25)15(24)8-14(17)23/h8-10,13H,4-7,11-12H2,1-3H3. The molecule has 0 aliphatic carbocycles. The van der Waals surface area contributed by atoms with Crippen LogP contribution >= 0.6 is 15.9 Å². The van der Waals surface area contributed by atoms with Crippen molar-refractivity contribution in [1.82, 2.24) is 14.9 Å². The van der Waals surface area contributed by atoms with Crippen molar-refractivity contribution >= 4 is 27.8 Å². The molecule has 4 rings (SSSR count). The maximum Gasteiger partial charge on any atom is 0.410 e. The number of carbonyl (C=O) groups is 1. The zero-order chi connectivity index (χ0) is 23.1. The fourth-order valence-electron chi connectivity index (χ4n) is 4.19. The topological polar surface area (TPSA) is 67.8 Å². The van der Waals surface area contributed by atoms with Crippen LogP contribution in [-0.2, 0) is 4.74 Å². The van der Waals surface area contributed by atoms with E-state index >= 15 is 0 Å². The number of nitrogens with zero attached hydrogens (tertiary/aromatic N) is 4. The van der Waals surface area contributed by atoms with Crippen LogP contribution in [0.25, 0.3) is 0 Å². The van der Waals surface area contributed by atoms with Gasteiger partial charge in [0.15, 0.2) is 23.2 Å². The number of hydrogen-bond acceptors (Lipinski definition) is 6. The van der Waals surface area contributed by atoms with Crippen LogP contribution in [0.15, 0.2) is 29.1 Å². The Morgan fingerprint density at radius 3 is 2.59 bits per heavy atom. The molecule has 1 atom stereocenters. The smallest absolute Gasteiger partial charge is 0.410 e. The molecule has 2 aliphatic heterocycles. The predicted molar refractivity (Wildman–Crippen MR) is 118 cm³/mol. The van der Waals surface area contributed by atoms with Crippen LogP contribution in [0.3, 0.4) is 0 Å². The Morgan fingerprint density at radius 2 is 1.84 bits per heavy atom. The van der Waals surface area contributed by atoms with E-state index < -0.39 is 17.2 Å². The first-order chi connectivity index (χ1) is 15.1. The van der Waals surface area contributed by atoms with Crippen LogP contribution in [0.1, 0.15) is 33.6 Å². The molecular weight excluding hydrogens is 486 g/mol. The molecular formula is C22H25BrF2N4O3. The predicted octanol–water partition coefficient (Wildman–Crippen LogP) is 5.15. The summed E-state index contributed by atoms with van der Waals surface area (Å²) in [7, 11) is 0. The van der Waals surface area contributed by atoms with Crippen molar-refractivity contribution in [3.8, 4) is 11.5 Å². The Hall–Kier alpha value is -2.49. The highest BCUT2D eigenvalue weighted by atomic mass is 79.9. The summed E-state index contributed by atoms with van der Waals surface area (Å²) in [6.45, 7) is 8.27. The number of likely N-dealkylation sites (tertiary alicyclic amines) is 1. The van der Waals surface area contributed by atoms with E-state index in [9.17, 15) is 13.6 Å². The molecule has 2 saturated heterocycles. The summed E-state index contributed by atoms with van der Waals surface area (Å²) in [6, 6.07) is 2.00. The number of aromatic nitrogens is 2. The fourth-order valence-corrected chi connectivity index (χ4v) is 4.58. The first kappa shape index (κ1) is 22.7. The van der Waals surface area contributed by atoms with Gasteiger partial charge < -0.3 is 19.3 Å². The van der Waals surface area contributed by atoms with E-state index in [1.54, 1.807) is 4.90 Å². The third-order valence-corrected chi connectivity index (χ3v) is 6.30. The van der Waals surface area contributed by atoms with Crippen molar-refractivity contribution in [1.29, 1.82) is 0 Å². The van der Waals surface area contributed by atoms with Gasteiger partial charge in [-0.3, -0.25) is 0 Å². The number of amides is 1. The summed E-state index contributed by atoms with van der Waals surface area (Å²) in [5.74, 6) is -0.922. The Balaban J connectivity index is 1.49. The normalized spacial score (nSPS) is 20.8. The summed E-state index contributed by atoms with van der Waals surface area (Å²) in [4.78, 5) is 24.7. The highest BCUT2D eigenvalue weighted by Gasteiger charge is 2.46. The second kappa shape index (κ2) is 8.46. The van der Waals surface area contributed by atoms with Gasteiger partial charge in [0.1, 0.15) is 17.7 Å². The van der Waals surface area contributed by atoms with Gasteiger partial charge in [-0.05, 0) is 55.6 Å². The Morgan fingerprint density at radius 1 is 1.12 bits per heavy atom. The average Bonchev–Trinajstić information content (AvgIpc) is 3.32. The third kappa shape index (κ3) is 4.79. The Bertz CT molecular complexity index is 1030. The minimum Gasteiger partial charge on any atom is -0.451 e. The molecule has 0 bridgehead atoms. The van der Waals surface area contributed by atoms with E-state index in [0.29, 0.717) is 31.2 Å². The SMILES string of the molecule is CC(C)(C)OC(=O)N1CCC2(CCN(c3ncncc3Oc3cc(F)c(F)cc3Br)C2)C1. The summed E-state index contributed by atoms with van der Waals surface area (Å²) in [6.07, 6.45) is 4.41. The highest BCUT2D eigenvalue weighted by Crippen LogP contribution is 2.43. The summed E-state index contributed by atoms with van der Waals surface area (Å²) in [5, 5.41) is 0. The molecule has 10 heteroatoms. The Kier molecular flexibility index (Phi) is 6.00. The molecule has 0 radical (unpaired) electrons. The molecule has 1 amide bonds. The van der Waals surface area contributed by atoms with E-state index in [1.807, 2.05) is 20.8 Å². The molecule has 1 aromatic carbocycles. The van der Waals surface area contributed by atoms with Gasteiger partial charge >= 0.3 is 6.09 Å². The molecule has 1 unspecified atom stereocenters. The molecule has 3 heterocycles. The van der Waals surface area contributed by atoms with Crippen molar-refractivity contribution in [2.75, 3.05) is 31.1 Å². The number of hydrogen-bond donors (Lipinski definition) is 0. The molecule has 0 saturated carbocycles. The lowest BCUT2D eigenvalue weighted by Crippen LogP contribution is -2.37. The average molecular weight is 511 g/mol. The van der Waals surface area contributed by atoms with Gasteiger partial charge in [0.2, 0.25) is 0 Å². The summed E-state index contributed by atoms with van der Waals surface area (Å²) in [5.41, 5.74) is -0.586. The zero-order valence-electron chi connectivity index (χ0n) is 18.2. The molecule has 1 aromatic heterocycles. The van der Waals surface area contributed by atoms with E-state index in [-0.39, 0.29) is 21.7 Å². The molecule has 32 heavy (non-hydrogen) atoms. The molecule has 7 nitrogen and oxygen atoms in total.